The van der Waals surface area contributed by atoms with Crippen LogP contribution in [0.5, 0.6) is 0 Å². The normalized spacial score (nSPS) is 20.7. The van der Waals surface area contributed by atoms with Gasteiger partial charge in [0.25, 0.3) is 0 Å². The topological polar surface area (TPSA) is 45.3 Å². The predicted molar refractivity (Wildman–Crippen MR) is 88.4 cm³/mol. The van der Waals surface area contributed by atoms with Gasteiger partial charge in [-0.1, -0.05) is 18.2 Å². The number of ether oxygens (including phenoxy) is 2. The fraction of sp³-hybridized carbons (Fsp3) is 0.588. The summed E-state index contributed by atoms with van der Waals surface area (Å²) in [5, 5.41) is 0. The maximum atomic E-state index is 12.4. The van der Waals surface area contributed by atoms with Crippen LogP contribution < -0.4 is 4.90 Å². The Kier molecular flexibility index (Phi) is 5.61. The summed E-state index contributed by atoms with van der Waals surface area (Å²) in [4.78, 5) is 18.7. The van der Waals surface area contributed by atoms with E-state index < -0.39 is 0 Å². The van der Waals surface area contributed by atoms with Crippen molar-refractivity contribution in [1.82, 2.24) is 9.80 Å². The van der Waals surface area contributed by atoms with E-state index in [1.165, 1.54) is 0 Å². The third kappa shape index (κ3) is 4.51. The van der Waals surface area contributed by atoms with Crippen LogP contribution in [0.4, 0.5) is 5.69 Å². The van der Waals surface area contributed by atoms with Crippen LogP contribution in [0.25, 0.3) is 0 Å². The minimum Gasteiger partial charge on any atom is -0.349 e. The number of hydrogen-bond acceptors (Lipinski definition) is 5. The summed E-state index contributed by atoms with van der Waals surface area (Å²) in [5.74, 6) is 0.132. The molecule has 3 rings (SSSR count). The van der Waals surface area contributed by atoms with E-state index in [1.807, 2.05) is 37.4 Å². The third-order valence-electron chi connectivity index (χ3n) is 4.44. The van der Waals surface area contributed by atoms with Crippen LogP contribution in [0.15, 0.2) is 30.3 Å². The van der Waals surface area contributed by atoms with Gasteiger partial charge in [-0.05, 0) is 12.1 Å². The van der Waals surface area contributed by atoms with Crippen molar-refractivity contribution in [1.29, 1.82) is 0 Å². The van der Waals surface area contributed by atoms with Gasteiger partial charge in [0, 0.05) is 45.5 Å². The first-order chi connectivity index (χ1) is 11.2. The second kappa shape index (κ2) is 7.88. The quantitative estimate of drug-likeness (QED) is 0.797. The highest BCUT2D eigenvalue weighted by Gasteiger charge is 2.24. The molecule has 0 saturated carbocycles. The standard InChI is InChI=1S/C17H25N3O3/c1-18(15-5-3-2-4-6-15)16(21)13-19-7-9-20(10-8-19)14-17-22-11-12-23-17/h2-6,17H,7-14H2,1H3. The summed E-state index contributed by atoms with van der Waals surface area (Å²) in [5.41, 5.74) is 0.937. The lowest BCUT2D eigenvalue weighted by Gasteiger charge is -2.35. The van der Waals surface area contributed by atoms with Crippen LogP contribution in [-0.4, -0.2) is 81.5 Å². The van der Waals surface area contributed by atoms with E-state index in [9.17, 15) is 4.79 Å². The summed E-state index contributed by atoms with van der Waals surface area (Å²) in [6.07, 6.45) is -0.0765. The Bertz CT molecular complexity index is 497. The molecule has 0 radical (unpaired) electrons. The fourth-order valence-corrected chi connectivity index (χ4v) is 2.95. The Morgan fingerprint density at radius 2 is 1.70 bits per heavy atom. The van der Waals surface area contributed by atoms with Crippen molar-refractivity contribution in [3.8, 4) is 0 Å². The minimum atomic E-state index is -0.0765. The van der Waals surface area contributed by atoms with E-state index in [0.717, 1.165) is 38.4 Å². The fourth-order valence-electron chi connectivity index (χ4n) is 2.95. The number of para-hydroxylation sites is 1. The zero-order valence-corrected chi connectivity index (χ0v) is 13.7. The summed E-state index contributed by atoms with van der Waals surface area (Å²) in [6, 6.07) is 9.77. The lowest BCUT2D eigenvalue weighted by molar-refractivity contribution is -0.120. The predicted octanol–water partition coefficient (Wildman–Crippen LogP) is 0.640. The molecule has 2 aliphatic heterocycles. The Balaban J connectivity index is 1.42. The highest BCUT2D eigenvalue weighted by Crippen LogP contribution is 2.13. The molecule has 6 nitrogen and oxygen atoms in total. The molecule has 126 valence electrons. The number of likely N-dealkylation sites (N-methyl/N-ethyl adjacent to an activating group) is 1. The second-order valence-corrected chi connectivity index (χ2v) is 6.04. The summed E-state index contributed by atoms with van der Waals surface area (Å²) < 4.78 is 11.0. The van der Waals surface area contributed by atoms with Gasteiger partial charge in [0.05, 0.1) is 19.8 Å². The average molecular weight is 319 g/mol. The van der Waals surface area contributed by atoms with Gasteiger partial charge < -0.3 is 14.4 Å². The maximum Gasteiger partial charge on any atom is 0.240 e. The van der Waals surface area contributed by atoms with Gasteiger partial charge in [0.1, 0.15) is 0 Å². The summed E-state index contributed by atoms with van der Waals surface area (Å²) in [7, 11) is 1.84. The number of nitrogens with zero attached hydrogens (tertiary/aromatic N) is 3. The van der Waals surface area contributed by atoms with Crippen LogP contribution in [0.1, 0.15) is 0 Å². The molecular weight excluding hydrogens is 294 g/mol. The van der Waals surface area contributed by atoms with E-state index in [1.54, 1.807) is 4.90 Å². The molecule has 2 aliphatic rings. The SMILES string of the molecule is CN(C(=O)CN1CCN(CC2OCCO2)CC1)c1ccccc1. The maximum absolute atomic E-state index is 12.4. The first-order valence-electron chi connectivity index (χ1n) is 8.22. The van der Waals surface area contributed by atoms with Crippen molar-refractivity contribution < 1.29 is 14.3 Å². The molecule has 1 amide bonds. The smallest absolute Gasteiger partial charge is 0.240 e. The van der Waals surface area contributed by atoms with Gasteiger partial charge in [0.15, 0.2) is 6.29 Å². The second-order valence-electron chi connectivity index (χ2n) is 6.04. The summed E-state index contributed by atoms with van der Waals surface area (Å²) in [6.45, 7) is 6.40. The van der Waals surface area contributed by atoms with E-state index in [0.29, 0.717) is 19.8 Å². The van der Waals surface area contributed by atoms with E-state index in [-0.39, 0.29) is 12.2 Å². The highest BCUT2D eigenvalue weighted by molar-refractivity contribution is 5.94. The molecule has 1 aromatic rings. The molecule has 0 spiro atoms. The largest absolute Gasteiger partial charge is 0.349 e. The number of carbonyl (C=O) groups is 1. The lowest BCUT2D eigenvalue weighted by atomic mass is 10.2. The molecule has 23 heavy (non-hydrogen) atoms. The lowest BCUT2D eigenvalue weighted by Crippen LogP contribution is -2.51. The van der Waals surface area contributed by atoms with Gasteiger partial charge in [-0.2, -0.15) is 0 Å². The van der Waals surface area contributed by atoms with Gasteiger partial charge in [0.2, 0.25) is 5.91 Å². The summed E-state index contributed by atoms with van der Waals surface area (Å²) >= 11 is 0. The number of hydrogen-bond donors (Lipinski definition) is 0. The number of anilines is 1. The van der Waals surface area contributed by atoms with Gasteiger partial charge >= 0.3 is 0 Å². The van der Waals surface area contributed by atoms with Crippen LogP contribution in [-0.2, 0) is 14.3 Å². The molecule has 2 saturated heterocycles. The van der Waals surface area contributed by atoms with Crippen LogP contribution in [0.3, 0.4) is 0 Å². The number of piperazine rings is 1. The van der Waals surface area contributed by atoms with Crippen LogP contribution >= 0.6 is 0 Å². The Hall–Kier alpha value is -1.47. The van der Waals surface area contributed by atoms with Crippen LogP contribution in [0.2, 0.25) is 0 Å². The van der Waals surface area contributed by atoms with Gasteiger partial charge in [-0.3, -0.25) is 14.6 Å². The molecule has 1 aromatic carbocycles. The van der Waals surface area contributed by atoms with Crippen molar-refractivity contribution >= 4 is 11.6 Å². The molecule has 0 aromatic heterocycles. The third-order valence-corrected chi connectivity index (χ3v) is 4.44. The molecule has 0 N–H and O–H groups in total. The first kappa shape index (κ1) is 16.4. The molecular formula is C17H25N3O3. The number of rotatable bonds is 5. The molecule has 0 unspecified atom stereocenters. The molecule has 2 heterocycles. The average Bonchev–Trinajstić information content (AvgIpc) is 3.10. The Morgan fingerprint density at radius 3 is 2.35 bits per heavy atom. The minimum absolute atomic E-state index is 0.0765. The van der Waals surface area contributed by atoms with Crippen molar-refractivity contribution in [2.24, 2.45) is 0 Å². The first-order valence-corrected chi connectivity index (χ1v) is 8.22. The number of carbonyl (C=O) groups excluding carboxylic acids is 1. The Morgan fingerprint density at radius 1 is 1.09 bits per heavy atom. The number of amides is 1. The molecule has 0 aliphatic carbocycles. The molecule has 2 fully saturated rings. The van der Waals surface area contributed by atoms with Crippen molar-refractivity contribution in [3.05, 3.63) is 30.3 Å². The van der Waals surface area contributed by atoms with Crippen molar-refractivity contribution in [3.63, 3.8) is 0 Å². The van der Waals surface area contributed by atoms with Gasteiger partial charge in [-0.15, -0.1) is 0 Å². The van der Waals surface area contributed by atoms with Gasteiger partial charge in [-0.25, -0.2) is 0 Å². The van der Waals surface area contributed by atoms with Crippen LogP contribution in [0, 0.1) is 0 Å². The molecule has 0 bridgehead atoms. The zero-order valence-electron chi connectivity index (χ0n) is 13.7. The van der Waals surface area contributed by atoms with Crippen molar-refractivity contribution in [2.75, 3.05) is 64.4 Å². The number of benzene rings is 1. The van der Waals surface area contributed by atoms with E-state index in [2.05, 4.69) is 9.80 Å². The monoisotopic (exact) mass is 319 g/mol. The van der Waals surface area contributed by atoms with E-state index in [4.69, 9.17) is 9.47 Å². The molecule has 0 atom stereocenters. The van der Waals surface area contributed by atoms with Crippen molar-refractivity contribution in [2.45, 2.75) is 6.29 Å². The van der Waals surface area contributed by atoms with E-state index >= 15 is 0 Å². The highest BCUT2D eigenvalue weighted by atomic mass is 16.7. The zero-order chi connectivity index (χ0) is 16.1. The molecule has 6 heteroatoms. The Labute approximate surface area is 137 Å².